The molecule has 0 radical (unpaired) electrons. The number of hydrogen-bond acceptors (Lipinski definition) is 2. The van der Waals surface area contributed by atoms with Crippen LogP contribution in [0.15, 0.2) is 54.6 Å². The minimum atomic E-state index is 0.0657. The SMILES string of the molecule is O=C1C=C2c3ccccc3CCC2CC1Cc1ccc(CO)cc1. The second-order valence-corrected chi connectivity index (χ2v) is 7.01. The minimum absolute atomic E-state index is 0.0657. The lowest BCUT2D eigenvalue weighted by Crippen LogP contribution is -2.27. The third-order valence-corrected chi connectivity index (χ3v) is 5.49. The van der Waals surface area contributed by atoms with Crippen molar-refractivity contribution in [2.24, 2.45) is 11.8 Å². The molecule has 24 heavy (non-hydrogen) atoms. The molecule has 2 aromatic rings. The third-order valence-electron chi connectivity index (χ3n) is 5.49. The van der Waals surface area contributed by atoms with E-state index in [1.54, 1.807) is 0 Å². The molecule has 2 unspecified atom stereocenters. The molecule has 4 rings (SSSR count). The summed E-state index contributed by atoms with van der Waals surface area (Å²) in [6.45, 7) is 0.0657. The van der Waals surface area contributed by atoms with E-state index in [0.717, 1.165) is 31.2 Å². The normalized spacial score (nSPS) is 22.5. The number of carbonyl (C=O) groups excluding carboxylic acids is 1. The molecule has 0 fully saturated rings. The molecule has 2 heteroatoms. The highest BCUT2D eigenvalue weighted by Crippen LogP contribution is 2.42. The fourth-order valence-electron chi connectivity index (χ4n) is 4.15. The monoisotopic (exact) mass is 318 g/mol. The Balaban J connectivity index is 1.57. The van der Waals surface area contributed by atoms with Crippen LogP contribution in [0.1, 0.15) is 35.1 Å². The number of hydrogen-bond donors (Lipinski definition) is 1. The van der Waals surface area contributed by atoms with E-state index >= 15 is 0 Å². The first-order valence-corrected chi connectivity index (χ1v) is 8.77. The summed E-state index contributed by atoms with van der Waals surface area (Å²) in [7, 11) is 0. The predicted octanol–water partition coefficient (Wildman–Crippen LogP) is 3.96. The van der Waals surface area contributed by atoms with Crippen LogP contribution in [0.25, 0.3) is 5.57 Å². The number of carbonyl (C=O) groups is 1. The number of benzene rings is 2. The number of aliphatic hydroxyl groups excluding tert-OH is 1. The van der Waals surface area contributed by atoms with Crippen LogP contribution in [0.2, 0.25) is 0 Å². The largest absolute Gasteiger partial charge is 0.392 e. The van der Waals surface area contributed by atoms with Gasteiger partial charge < -0.3 is 5.11 Å². The smallest absolute Gasteiger partial charge is 0.159 e. The second kappa shape index (κ2) is 6.37. The van der Waals surface area contributed by atoms with Gasteiger partial charge in [-0.3, -0.25) is 4.79 Å². The molecule has 2 aliphatic rings. The summed E-state index contributed by atoms with van der Waals surface area (Å²) in [6.07, 6.45) is 5.94. The first kappa shape index (κ1) is 15.3. The van der Waals surface area contributed by atoms with Crippen molar-refractivity contribution in [2.45, 2.75) is 32.3 Å². The maximum absolute atomic E-state index is 12.7. The Morgan fingerprint density at radius 2 is 1.75 bits per heavy atom. The summed E-state index contributed by atoms with van der Waals surface area (Å²) in [6, 6.07) is 16.5. The summed E-state index contributed by atoms with van der Waals surface area (Å²) < 4.78 is 0. The van der Waals surface area contributed by atoms with E-state index < -0.39 is 0 Å². The number of ketones is 1. The highest BCUT2D eigenvalue weighted by molar-refractivity contribution is 6.01. The van der Waals surface area contributed by atoms with Gasteiger partial charge in [0, 0.05) is 5.92 Å². The van der Waals surface area contributed by atoms with Crippen LogP contribution in [0.4, 0.5) is 0 Å². The van der Waals surface area contributed by atoms with Crippen LogP contribution < -0.4 is 0 Å². The van der Waals surface area contributed by atoms with Crippen LogP contribution in [0, 0.1) is 11.8 Å². The Morgan fingerprint density at radius 1 is 1.00 bits per heavy atom. The molecule has 0 aromatic heterocycles. The molecule has 0 aliphatic heterocycles. The molecule has 2 atom stereocenters. The van der Waals surface area contributed by atoms with Crippen LogP contribution in [0.3, 0.4) is 0 Å². The van der Waals surface area contributed by atoms with E-state index in [4.69, 9.17) is 5.11 Å². The van der Waals surface area contributed by atoms with E-state index in [9.17, 15) is 4.79 Å². The predicted molar refractivity (Wildman–Crippen MR) is 95.4 cm³/mol. The number of aliphatic hydroxyl groups is 1. The van der Waals surface area contributed by atoms with Gasteiger partial charge in [0.2, 0.25) is 0 Å². The van der Waals surface area contributed by atoms with Crippen LogP contribution in [0.5, 0.6) is 0 Å². The van der Waals surface area contributed by atoms with E-state index in [1.165, 1.54) is 22.3 Å². The topological polar surface area (TPSA) is 37.3 Å². The minimum Gasteiger partial charge on any atom is -0.392 e. The molecule has 0 saturated heterocycles. The Kier molecular flexibility index (Phi) is 4.07. The molecule has 2 nitrogen and oxygen atoms in total. The number of aryl methyl sites for hydroxylation is 1. The van der Waals surface area contributed by atoms with Crippen molar-refractivity contribution in [1.82, 2.24) is 0 Å². The van der Waals surface area contributed by atoms with Gasteiger partial charge in [0.1, 0.15) is 0 Å². The lowest BCUT2D eigenvalue weighted by molar-refractivity contribution is -0.119. The van der Waals surface area contributed by atoms with Crippen LogP contribution >= 0.6 is 0 Å². The van der Waals surface area contributed by atoms with Gasteiger partial charge in [-0.05, 0) is 65.5 Å². The van der Waals surface area contributed by atoms with E-state index in [0.29, 0.717) is 5.92 Å². The number of fused-ring (bicyclic) bond motifs is 3. The van der Waals surface area contributed by atoms with Gasteiger partial charge in [-0.2, -0.15) is 0 Å². The maximum atomic E-state index is 12.7. The average Bonchev–Trinajstić information content (AvgIpc) is 2.63. The lowest BCUT2D eigenvalue weighted by Gasteiger charge is -2.34. The zero-order valence-electron chi connectivity index (χ0n) is 13.7. The lowest BCUT2D eigenvalue weighted by atomic mass is 9.70. The van der Waals surface area contributed by atoms with Crippen molar-refractivity contribution >= 4 is 11.4 Å². The van der Waals surface area contributed by atoms with Gasteiger partial charge in [-0.25, -0.2) is 0 Å². The Morgan fingerprint density at radius 3 is 2.54 bits per heavy atom. The summed E-state index contributed by atoms with van der Waals surface area (Å²) in [5.74, 6) is 0.868. The first-order valence-electron chi connectivity index (χ1n) is 8.77. The summed E-state index contributed by atoms with van der Waals surface area (Å²) >= 11 is 0. The zero-order valence-corrected chi connectivity index (χ0v) is 13.7. The molecular formula is C22H22O2. The van der Waals surface area contributed by atoms with Crippen molar-refractivity contribution in [1.29, 1.82) is 0 Å². The molecule has 2 aromatic carbocycles. The van der Waals surface area contributed by atoms with E-state index in [1.807, 2.05) is 30.3 Å². The highest BCUT2D eigenvalue weighted by atomic mass is 16.3. The molecule has 0 saturated carbocycles. The van der Waals surface area contributed by atoms with Gasteiger partial charge in [0.05, 0.1) is 6.61 Å². The summed E-state index contributed by atoms with van der Waals surface area (Å²) in [4.78, 5) is 12.7. The van der Waals surface area contributed by atoms with Gasteiger partial charge in [0.25, 0.3) is 0 Å². The van der Waals surface area contributed by atoms with E-state index in [2.05, 4.69) is 24.3 Å². The number of allylic oxidation sites excluding steroid dienone is 2. The highest BCUT2D eigenvalue weighted by Gasteiger charge is 2.33. The Labute approximate surface area is 142 Å². The Hall–Kier alpha value is -2.19. The van der Waals surface area contributed by atoms with Crippen molar-refractivity contribution in [3.63, 3.8) is 0 Å². The van der Waals surface area contributed by atoms with Gasteiger partial charge in [-0.15, -0.1) is 0 Å². The van der Waals surface area contributed by atoms with Crippen LogP contribution in [-0.2, 0) is 24.2 Å². The quantitative estimate of drug-likeness (QED) is 0.930. The van der Waals surface area contributed by atoms with Gasteiger partial charge in [-0.1, -0.05) is 48.5 Å². The third kappa shape index (κ3) is 2.83. The second-order valence-electron chi connectivity index (χ2n) is 7.01. The standard InChI is InChI=1S/C22H22O2/c23-14-16-7-5-15(6-8-16)11-19-12-18-10-9-17-3-1-2-4-20(17)21(18)13-22(19)24/h1-8,13,18-19,23H,9-12,14H2. The fourth-order valence-corrected chi connectivity index (χ4v) is 4.15. The molecule has 0 amide bonds. The van der Waals surface area contributed by atoms with Crippen molar-refractivity contribution < 1.29 is 9.90 Å². The van der Waals surface area contributed by atoms with E-state index in [-0.39, 0.29) is 18.3 Å². The summed E-state index contributed by atoms with van der Waals surface area (Å²) in [5, 5.41) is 9.14. The average molecular weight is 318 g/mol. The molecule has 2 aliphatic carbocycles. The Bertz CT molecular complexity index is 786. The maximum Gasteiger partial charge on any atom is 0.159 e. The molecule has 0 bridgehead atoms. The molecule has 0 heterocycles. The van der Waals surface area contributed by atoms with Crippen molar-refractivity contribution in [3.8, 4) is 0 Å². The fraction of sp³-hybridized carbons (Fsp3) is 0.318. The van der Waals surface area contributed by atoms with Gasteiger partial charge in [0.15, 0.2) is 5.78 Å². The van der Waals surface area contributed by atoms with Crippen molar-refractivity contribution in [2.75, 3.05) is 0 Å². The molecule has 122 valence electrons. The van der Waals surface area contributed by atoms with Crippen LogP contribution in [-0.4, -0.2) is 10.9 Å². The number of rotatable bonds is 3. The molecule has 1 N–H and O–H groups in total. The molecular weight excluding hydrogens is 296 g/mol. The zero-order chi connectivity index (χ0) is 16.5. The van der Waals surface area contributed by atoms with Gasteiger partial charge >= 0.3 is 0 Å². The van der Waals surface area contributed by atoms with Crippen molar-refractivity contribution in [3.05, 3.63) is 76.9 Å². The first-order chi connectivity index (χ1) is 11.7. The summed E-state index contributed by atoms with van der Waals surface area (Å²) in [5.41, 5.74) is 6.02. The molecule has 0 spiro atoms.